The molecular weight excluding hydrogens is 510 g/mol. The minimum Gasteiger partial charge on any atom is -0.405 e. The average molecular weight is 541 g/mol. The Hall–Kier alpha value is -1.23. The number of alkyl halides is 3. The number of halogens is 4. The van der Waals surface area contributed by atoms with Crippen LogP contribution in [0.1, 0.15) is 50.5 Å². The quantitative estimate of drug-likeness (QED) is 0.268. The Morgan fingerprint density at radius 2 is 2.00 bits per heavy atom. The van der Waals surface area contributed by atoms with E-state index < -0.39 is 6.36 Å². The second kappa shape index (κ2) is 10.9. The van der Waals surface area contributed by atoms with Gasteiger partial charge in [-0.25, -0.2) is 0 Å². The van der Waals surface area contributed by atoms with E-state index in [4.69, 9.17) is 9.73 Å². The molecule has 2 N–H and O–H groups in total. The molecule has 2 fully saturated rings. The molecule has 1 aromatic carbocycles. The molecule has 2 atom stereocenters. The summed E-state index contributed by atoms with van der Waals surface area (Å²) in [7, 11) is 1.72. The normalized spacial score (nSPS) is 22.5. The lowest BCUT2D eigenvalue weighted by atomic mass is 9.67. The summed E-state index contributed by atoms with van der Waals surface area (Å²) in [4.78, 5) is 4.78. The fourth-order valence-corrected chi connectivity index (χ4v) is 3.93. The first-order valence-electron chi connectivity index (χ1n) is 10.2. The van der Waals surface area contributed by atoms with Crippen LogP contribution in [0.25, 0.3) is 0 Å². The molecule has 30 heavy (non-hydrogen) atoms. The number of hydrogen-bond acceptors (Lipinski definition) is 3. The van der Waals surface area contributed by atoms with Crippen molar-refractivity contribution in [1.29, 1.82) is 0 Å². The molecule has 0 saturated heterocycles. The largest absolute Gasteiger partial charge is 0.573 e. The molecule has 0 aromatic heterocycles. The first-order chi connectivity index (χ1) is 13.9. The van der Waals surface area contributed by atoms with Crippen LogP contribution in [-0.4, -0.2) is 45.2 Å². The van der Waals surface area contributed by atoms with Crippen LogP contribution in [0, 0.1) is 5.41 Å². The van der Waals surface area contributed by atoms with Crippen LogP contribution in [0.4, 0.5) is 13.2 Å². The van der Waals surface area contributed by atoms with Gasteiger partial charge in [-0.1, -0.05) is 24.6 Å². The highest BCUT2D eigenvalue weighted by Gasteiger charge is 2.43. The van der Waals surface area contributed by atoms with E-state index in [0.29, 0.717) is 5.56 Å². The predicted molar refractivity (Wildman–Crippen MR) is 122 cm³/mol. The van der Waals surface area contributed by atoms with Crippen molar-refractivity contribution < 1.29 is 22.6 Å². The van der Waals surface area contributed by atoms with Gasteiger partial charge in [0.2, 0.25) is 0 Å². The van der Waals surface area contributed by atoms with E-state index in [2.05, 4.69) is 15.4 Å². The molecule has 5 nitrogen and oxygen atoms in total. The zero-order chi connectivity index (χ0) is 20.9. The van der Waals surface area contributed by atoms with Gasteiger partial charge in [-0.15, -0.1) is 37.1 Å². The second-order valence-corrected chi connectivity index (χ2v) is 7.97. The van der Waals surface area contributed by atoms with Crippen molar-refractivity contribution in [3.05, 3.63) is 29.8 Å². The van der Waals surface area contributed by atoms with Crippen LogP contribution in [0.2, 0.25) is 0 Å². The van der Waals surface area contributed by atoms with Gasteiger partial charge < -0.3 is 20.1 Å². The third-order valence-electron chi connectivity index (χ3n) is 5.82. The van der Waals surface area contributed by atoms with E-state index in [0.717, 1.165) is 51.3 Å². The zero-order valence-corrected chi connectivity index (χ0v) is 19.8. The smallest absolute Gasteiger partial charge is 0.405 e. The van der Waals surface area contributed by atoms with Gasteiger partial charge in [0.15, 0.2) is 5.96 Å². The molecule has 0 bridgehead atoms. The number of guanidine groups is 1. The van der Waals surface area contributed by atoms with Crippen molar-refractivity contribution in [2.75, 3.05) is 26.8 Å². The molecule has 2 saturated carbocycles. The van der Waals surface area contributed by atoms with Crippen LogP contribution in [0.5, 0.6) is 5.75 Å². The number of nitrogens with zero attached hydrogens (tertiary/aromatic N) is 1. The van der Waals surface area contributed by atoms with E-state index in [-0.39, 0.29) is 47.1 Å². The van der Waals surface area contributed by atoms with Crippen LogP contribution in [0.3, 0.4) is 0 Å². The van der Waals surface area contributed by atoms with Gasteiger partial charge in [-0.05, 0) is 49.7 Å². The molecule has 2 aliphatic rings. The molecule has 0 aliphatic heterocycles. The van der Waals surface area contributed by atoms with Gasteiger partial charge in [0, 0.05) is 38.8 Å². The average Bonchev–Trinajstić information content (AvgIpc) is 3.38. The van der Waals surface area contributed by atoms with Gasteiger partial charge in [0.25, 0.3) is 0 Å². The maximum atomic E-state index is 12.7. The Balaban J connectivity index is 0.00000320. The summed E-state index contributed by atoms with van der Waals surface area (Å²) in [6, 6.07) is 6.41. The SMILES string of the molecule is CCNC(=NCC1(CCOC)CCC1)NC1CC1c1ccccc1OC(F)(F)F.I. The molecule has 2 unspecified atom stereocenters. The maximum absolute atomic E-state index is 12.7. The third-order valence-corrected chi connectivity index (χ3v) is 5.82. The second-order valence-electron chi connectivity index (χ2n) is 7.97. The molecule has 0 spiro atoms. The zero-order valence-electron chi connectivity index (χ0n) is 17.4. The predicted octanol–water partition coefficient (Wildman–Crippen LogP) is 4.82. The molecule has 1 aromatic rings. The van der Waals surface area contributed by atoms with Gasteiger partial charge in [0.05, 0.1) is 0 Å². The topological polar surface area (TPSA) is 54.9 Å². The van der Waals surface area contributed by atoms with E-state index in [1.807, 2.05) is 6.92 Å². The molecule has 3 rings (SSSR count). The molecule has 2 aliphatic carbocycles. The van der Waals surface area contributed by atoms with E-state index in [1.54, 1.807) is 25.3 Å². The monoisotopic (exact) mass is 541 g/mol. The first-order valence-corrected chi connectivity index (χ1v) is 10.2. The number of benzene rings is 1. The highest BCUT2D eigenvalue weighted by molar-refractivity contribution is 14.0. The van der Waals surface area contributed by atoms with E-state index in [1.165, 1.54) is 12.5 Å². The Labute approximate surface area is 193 Å². The summed E-state index contributed by atoms with van der Waals surface area (Å²) < 4.78 is 47.5. The van der Waals surface area contributed by atoms with Gasteiger partial charge in [0.1, 0.15) is 5.75 Å². The van der Waals surface area contributed by atoms with Crippen LogP contribution in [0.15, 0.2) is 29.3 Å². The van der Waals surface area contributed by atoms with Gasteiger partial charge >= 0.3 is 6.36 Å². The molecule has 0 radical (unpaired) electrons. The summed E-state index contributed by atoms with van der Waals surface area (Å²) in [5.74, 6) is 0.575. The van der Waals surface area contributed by atoms with Crippen molar-refractivity contribution in [3.63, 3.8) is 0 Å². The van der Waals surface area contributed by atoms with Crippen molar-refractivity contribution >= 4 is 29.9 Å². The van der Waals surface area contributed by atoms with Crippen molar-refractivity contribution in [1.82, 2.24) is 10.6 Å². The molecule has 9 heteroatoms. The fraction of sp³-hybridized carbons (Fsp3) is 0.667. The fourth-order valence-electron chi connectivity index (χ4n) is 3.93. The standard InChI is InChI=1S/C21H30F3N3O2.HI/c1-3-25-19(26-14-20(9-6-10-20)11-12-28-2)27-17-13-16(17)15-7-4-5-8-18(15)29-21(22,23)24;/h4-5,7-8,16-17H,3,6,9-14H2,1-2H3,(H2,25,26,27);1H. The summed E-state index contributed by atoms with van der Waals surface area (Å²) in [6.07, 6.45) is 0.604. The van der Waals surface area contributed by atoms with Gasteiger partial charge in [-0.3, -0.25) is 4.99 Å². The first kappa shape index (κ1) is 25.0. The van der Waals surface area contributed by atoms with E-state index in [9.17, 15) is 13.2 Å². The lowest BCUT2D eigenvalue weighted by molar-refractivity contribution is -0.274. The van der Waals surface area contributed by atoms with Crippen molar-refractivity contribution in [2.24, 2.45) is 10.4 Å². The highest BCUT2D eigenvalue weighted by atomic mass is 127. The Kier molecular flexibility index (Phi) is 9.08. The minimum atomic E-state index is -4.69. The summed E-state index contributed by atoms with van der Waals surface area (Å²) >= 11 is 0. The molecule has 0 amide bonds. The number of ether oxygens (including phenoxy) is 2. The highest BCUT2D eigenvalue weighted by Crippen LogP contribution is 2.46. The molecule has 0 heterocycles. The Morgan fingerprint density at radius 1 is 1.27 bits per heavy atom. The van der Waals surface area contributed by atoms with Crippen LogP contribution >= 0.6 is 24.0 Å². The summed E-state index contributed by atoms with van der Waals surface area (Å²) in [6.45, 7) is 4.19. The lowest BCUT2D eigenvalue weighted by Crippen LogP contribution is -2.41. The minimum absolute atomic E-state index is 0. The number of hydrogen-bond donors (Lipinski definition) is 2. The summed E-state index contributed by atoms with van der Waals surface area (Å²) in [5, 5.41) is 6.63. The number of methoxy groups -OCH3 is 1. The van der Waals surface area contributed by atoms with Gasteiger partial charge in [-0.2, -0.15) is 0 Å². The molecular formula is C21H31F3IN3O2. The summed E-state index contributed by atoms with van der Waals surface area (Å²) in [5.41, 5.74) is 0.794. The number of nitrogens with one attached hydrogen (secondary N) is 2. The van der Waals surface area contributed by atoms with Crippen LogP contribution < -0.4 is 15.4 Å². The van der Waals surface area contributed by atoms with E-state index >= 15 is 0 Å². The number of para-hydroxylation sites is 1. The Bertz CT molecular complexity index is 711. The van der Waals surface area contributed by atoms with Crippen molar-refractivity contribution in [2.45, 2.75) is 57.3 Å². The number of rotatable bonds is 9. The Morgan fingerprint density at radius 3 is 2.60 bits per heavy atom. The molecule has 170 valence electrons. The maximum Gasteiger partial charge on any atom is 0.573 e. The van der Waals surface area contributed by atoms with Crippen LogP contribution in [-0.2, 0) is 4.74 Å². The number of aliphatic imine (C=N–C) groups is 1. The third kappa shape index (κ3) is 6.90. The lowest BCUT2D eigenvalue weighted by Gasteiger charge is -2.40. The van der Waals surface area contributed by atoms with Crippen molar-refractivity contribution in [3.8, 4) is 5.75 Å².